The van der Waals surface area contributed by atoms with E-state index in [1.165, 1.54) is 29.6 Å². The largest absolute Gasteiger partial charge is 0.504 e. The molecule has 2 aromatic heterocycles. The van der Waals surface area contributed by atoms with Crippen LogP contribution in [0, 0.1) is 0 Å². The summed E-state index contributed by atoms with van der Waals surface area (Å²) >= 11 is 0. The Morgan fingerprint density at radius 3 is 2.53 bits per heavy atom. The van der Waals surface area contributed by atoms with E-state index in [1.807, 2.05) is 0 Å². The second-order valence-electron chi connectivity index (χ2n) is 2.71. The number of carbonyl (C=O) groups is 1. The average molecular weight is 206 g/mol. The lowest BCUT2D eigenvalue weighted by Gasteiger charge is -1.96. The van der Waals surface area contributed by atoms with Crippen molar-refractivity contribution in [2.24, 2.45) is 0 Å². The fourth-order valence-electron chi connectivity index (χ4n) is 1.06. The van der Waals surface area contributed by atoms with Crippen molar-refractivity contribution >= 4 is 5.97 Å². The quantitative estimate of drug-likeness (QED) is 0.720. The SMILES string of the molecule is O=C(O)c1nn(-c2cncnc2)cc1O. The third kappa shape index (κ3) is 1.62. The summed E-state index contributed by atoms with van der Waals surface area (Å²) in [5.41, 5.74) is 0.0687. The number of nitrogens with zero attached hydrogens (tertiary/aromatic N) is 4. The molecule has 76 valence electrons. The summed E-state index contributed by atoms with van der Waals surface area (Å²) in [6, 6.07) is 0. The molecule has 0 saturated heterocycles. The van der Waals surface area contributed by atoms with Gasteiger partial charge < -0.3 is 10.2 Å². The highest BCUT2D eigenvalue weighted by molar-refractivity contribution is 5.88. The summed E-state index contributed by atoms with van der Waals surface area (Å²) in [7, 11) is 0. The number of aromatic hydroxyl groups is 1. The number of aromatic carboxylic acids is 1. The molecule has 0 atom stereocenters. The second kappa shape index (κ2) is 3.37. The average Bonchev–Trinajstić information content (AvgIpc) is 2.62. The second-order valence-corrected chi connectivity index (χ2v) is 2.71. The van der Waals surface area contributed by atoms with Crippen molar-refractivity contribution in [1.82, 2.24) is 19.7 Å². The summed E-state index contributed by atoms with van der Waals surface area (Å²) in [4.78, 5) is 18.1. The zero-order valence-corrected chi connectivity index (χ0v) is 7.40. The molecule has 0 aliphatic rings. The van der Waals surface area contributed by atoms with Crippen LogP contribution in [-0.4, -0.2) is 35.9 Å². The standard InChI is InChI=1S/C8H6N4O3/c13-6-3-12(11-7(6)8(14)15)5-1-9-4-10-2-5/h1-4,13H,(H,14,15). The van der Waals surface area contributed by atoms with Crippen LogP contribution >= 0.6 is 0 Å². The van der Waals surface area contributed by atoms with E-state index < -0.39 is 17.4 Å². The number of rotatable bonds is 2. The number of carboxylic acids is 1. The first-order valence-corrected chi connectivity index (χ1v) is 3.96. The normalized spacial score (nSPS) is 10.1. The van der Waals surface area contributed by atoms with Gasteiger partial charge in [0.15, 0.2) is 5.75 Å². The first-order valence-electron chi connectivity index (χ1n) is 3.96. The van der Waals surface area contributed by atoms with E-state index in [4.69, 9.17) is 5.11 Å². The Morgan fingerprint density at radius 2 is 2.00 bits per heavy atom. The molecular formula is C8H6N4O3. The molecule has 0 spiro atoms. The van der Waals surface area contributed by atoms with Crippen LogP contribution in [-0.2, 0) is 0 Å². The Kier molecular flexibility index (Phi) is 2.05. The highest BCUT2D eigenvalue weighted by Crippen LogP contribution is 2.16. The van der Waals surface area contributed by atoms with Gasteiger partial charge in [0.2, 0.25) is 5.69 Å². The highest BCUT2D eigenvalue weighted by Gasteiger charge is 2.15. The predicted octanol–water partition coefficient (Wildman–Crippen LogP) is 0.0661. The minimum Gasteiger partial charge on any atom is -0.504 e. The van der Waals surface area contributed by atoms with Crippen LogP contribution in [0.1, 0.15) is 10.5 Å². The number of hydrogen-bond donors (Lipinski definition) is 2. The fraction of sp³-hybridized carbons (Fsp3) is 0. The molecule has 0 unspecified atom stereocenters. The van der Waals surface area contributed by atoms with E-state index in [0.29, 0.717) is 5.69 Å². The molecule has 15 heavy (non-hydrogen) atoms. The predicted molar refractivity (Wildman–Crippen MR) is 47.8 cm³/mol. The molecule has 0 aromatic carbocycles. The van der Waals surface area contributed by atoms with Crippen molar-refractivity contribution in [1.29, 1.82) is 0 Å². The van der Waals surface area contributed by atoms with Crippen molar-refractivity contribution < 1.29 is 15.0 Å². The summed E-state index contributed by atoms with van der Waals surface area (Å²) in [6.07, 6.45) is 5.42. The number of aromatic nitrogens is 4. The Hall–Kier alpha value is -2.44. The van der Waals surface area contributed by atoms with E-state index in [1.54, 1.807) is 0 Å². The summed E-state index contributed by atoms with van der Waals surface area (Å²) in [6.45, 7) is 0. The molecule has 2 N–H and O–H groups in total. The molecule has 2 aromatic rings. The summed E-state index contributed by atoms with van der Waals surface area (Å²) in [5, 5.41) is 21.6. The Balaban J connectivity index is 2.48. The van der Waals surface area contributed by atoms with Gasteiger partial charge >= 0.3 is 5.97 Å². The monoisotopic (exact) mass is 206 g/mol. The molecular weight excluding hydrogens is 200 g/mol. The maximum atomic E-state index is 10.6. The van der Waals surface area contributed by atoms with Gasteiger partial charge in [-0.05, 0) is 0 Å². The van der Waals surface area contributed by atoms with E-state index in [2.05, 4.69) is 15.1 Å². The van der Waals surface area contributed by atoms with E-state index >= 15 is 0 Å². The molecule has 2 heterocycles. The zero-order chi connectivity index (χ0) is 10.8. The molecule has 0 aliphatic carbocycles. The molecule has 2 rings (SSSR count). The van der Waals surface area contributed by atoms with Crippen molar-refractivity contribution in [3.05, 3.63) is 30.6 Å². The van der Waals surface area contributed by atoms with Gasteiger partial charge in [-0.1, -0.05) is 0 Å². The van der Waals surface area contributed by atoms with E-state index in [0.717, 1.165) is 0 Å². The van der Waals surface area contributed by atoms with Gasteiger partial charge in [-0.15, -0.1) is 0 Å². The maximum Gasteiger partial charge on any atom is 0.360 e. The Labute approximate surface area is 83.6 Å². The van der Waals surface area contributed by atoms with Crippen molar-refractivity contribution in [3.8, 4) is 11.4 Å². The highest BCUT2D eigenvalue weighted by atomic mass is 16.4. The van der Waals surface area contributed by atoms with Crippen LogP contribution in [0.4, 0.5) is 0 Å². The molecule has 0 fully saturated rings. The van der Waals surface area contributed by atoms with Gasteiger partial charge in [0, 0.05) is 0 Å². The van der Waals surface area contributed by atoms with Crippen LogP contribution < -0.4 is 0 Å². The van der Waals surface area contributed by atoms with Gasteiger partial charge in [-0.2, -0.15) is 5.10 Å². The van der Waals surface area contributed by atoms with Crippen molar-refractivity contribution in [2.45, 2.75) is 0 Å². The maximum absolute atomic E-state index is 10.6. The molecule has 0 bridgehead atoms. The van der Waals surface area contributed by atoms with Gasteiger partial charge in [-0.25, -0.2) is 19.4 Å². The zero-order valence-electron chi connectivity index (χ0n) is 7.40. The molecule has 7 heteroatoms. The van der Waals surface area contributed by atoms with Crippen LogP contribution in [0.3, 0.4) is 0 Å². The minimum atomic E-state index is -1.29. The minimum absolute atomic E-state index is 0.397. The molecule has 0 aliphatic heterocycles. The molecule has 0 saturated carbocycles. The molecule has 0 radical (unpaired) electrons. The van der Waals surface area contributed by atoms with E-state index in [9.17, 15) is 9.90 Å². The number of carboxylic acid groups (broad SMARTS) is 1. The third-order valence-corrected chi connectivity index (χ3v) is 1.71. The van der Waals surface area contributed by atoms with Crippen molar-refractivity contribution in [3.63, 3.8) is 0 Å². The van der Waals surface area contributed by atoms with Gasteiger partial charge in [0.1, 0.15) is 12.0 Å². The van der Waals surface area contributed by atoms with Gasteiger partial charge in [0.05, 0.1) is 18.6 Å². The van der Waals surface area contributed by atoms with Crippen LogP contribution in [0.2, 0.25) is 0 Å². The van der Waals surface area contributed by atoms with Gasteiger partial charge in [0.25, 0.3) is 0 Å². The molecule has 7 nitrogen and oxygen atoms in total. The first-order chi connectivity index (χ1) is 7.18. The lowest BCUT2D eigenvalue weighted by atomic mass is 10.4. The van der Waals surface area contributed by atoms with Crippen LogP contribution in [0.25, 0.3) is 5.69 Å². The van der Waals surface area contributed by atoms with E-state index in [-0.39, 0.29) is 0 Å². The Morgan fingerprint density at radius 1 is 1.33 bits per heavy atom. The molecule has 0 amide bonds. The lowest BCUT2D eigenvalue weighted by Crippen LogP contribution is -2.01. The van der Waals surface area contributed by atoms with Crippen LogP contribution in [0.15, 0.2) is 24.9 Å². The smallest absolute Gasteiger partial charge is 0.360 e. The van der Waals surface area contributed by atoms with Gasteiger partial charge in [-0.3, -0.25) is 0 Å². The number of hydrogen-bond acceptors (Lipinski definition) is 5. The fourth-order valence-corrected chi connectivity index (χ4v) is 1.06. The van der Waals surface area contributed by atoms with Crippen LogP contribution in [0.5, 0.6) is 5.75 Å². The van der Waals surface area contributed by atoms with Crippen molar-refractivity contribution in [2.75, 3.05) is 0 Å². The topological polar surface area (TPSA) is 101 Å². The first kappa shape index (κ1) is 9.13. The lowest BCUT2D eigenvalue weighted by molar-refractivity contribution is 0.0687. The summed E-state index contributed by atoms with van der Waals surface area (Å²) < 4.78 is 1.19. The Bertz CT molecular complexity index is 494. The third-order valence-electron chi connectivity index (χ3n) is 1.71. The summed E-state index contributed by atoms with van der Waals surface area (Å²) in [5.74, 6) is -1.69.